The predicted molar refractivity (Wildman–Crippen MR) is 128 cm³/mol. The van der Waals surface area contributed by atoms with Crippen LogP contribution in [0.3, 0.4) is 0 Å². The minimum Gasteiger partial charge on any atom is -0.490 e. The molecule has 1 atom stereocenters. The van der Waals surface area contributed by atoms with Gasteiger partial charge in [-0.15, -0.1) is 0 Å². The summed E-state index contributed by atoms with van der Waals surface area (Å²) >= 11 is 0. The monoisotopic (exact) mass is 456 g/mol. The van der Waals surface area contributed by atoms with Crippen molar-refractivity contribution < 1.29 is 23.7 Å². The smallest absolute Gasteiger partial charge is 0.260 e. The molecule has 7 heteroatoms. The average molecular weight is 457 g/mol. The molecule has 0 bridgehead atoms. The van der Waals surface area contributed by atoms with Crippen LogP contribution >= 0.6 is 0 Å². The molecule has 1 aliphatic heterocycles. The normalized spacial score (nSPS) is 13.3. The maximum absolute atomic E-state index is 12.7. The van der Waals surface area contributed by atoms with Gasteiger partial charge in [0.2, 0.25) is 6.79 Å². The van der Waals surface area contributed by atoms with Gasteiger partial charge in [-0.05, 0) is 76.9 Å². The van der Waals surface area contributed by atoms with Crippen LogP contribution < -0.4 is 24.3 Å². The van der Waals surface area contributed by atoms with E-state index in [2.05, 4.69) is 12.2 Å². The summed E-state index contributed by atoms with van der Waals surface area (Å²) in [5, 5.41) is 3.53. The Morgan fingerprint density at radius 1 is 0.970 bits per heavy atom. The number of amides is 1. The van der Waals surface area contributed by atoms with Gasteiger partial charge in [0.15, 0.2) is 29.6 Å². The van der Waals surface area contributed by atoms with Crippen molar-refractivity contribution in [2.24, 2.45) is 0 Å². The number of hydrogen-bond donors (Lipinski definition) is 1. The van der Waals surface area contributed by atoms with E-state index in [1.807, 2.05) is 75.9 Å². The Labute approximate surface area is 197 Å². The van der Waals surface area contributed by atoms with Gasteiger partial charge in [0.05, 0.1) is 6.61 Å². The predicted octanol–water partition coefficient (Wildman–Crippen LogP) is 4.69. The lowest BCUT2D eigenvalue weighted by Crippen LogP contribution is -2.44. The third-order valence-corrected chi connectivity index (χ3v) is 5.57. The average Bonchev–Trinajstić information content (AvgIpc) is 3.24. The molecule has 0 fully saturated rings. The summed E-state index contributed by atoms with van der Waals surface area (Å²) in [6, 6.07) is 12.2. The Morgan fingerprint density at radius 2 is 1.70 bits per heavy atom. The maximum Gasteiger partial charge on any atom is 0.260 e. The zero-order chi connectivity index (χ0) is 24.0. The van der Waals surface area contributed by atoms with E-state index < -0.39 is 0 Å². The summed E-state index contributed by atoms with van der Waals surface area (Å²) in [6.45, 7) is 13.5. The molecule has 3 rings (SSSR count). The molecular weight excluding hydrogens is 420 g/mol. The number of ether oxygens (including phenoxy) is 4. The van der Waals surface area contributed by atoms with Crippen LogP contribution in [-0.2, 0) is 11.3 Å². The Morgan fingerprint density at radius 3 is 2.39 bits per heavy atom. The van der Waals surface area contributed by atoms with Crippen molar-refractivity contribution in [1.82, 2.24) is 10.2 Å². The molecule has 1 unspecified atom stereocenters. The largest absolute Gasteiger partial charge is 0.490 e. The highest BCUT2D eigenvalue weighted by Crippen LogP contribution is 2.34. The van der Waals surface area contributed by atoms with Crippen molar-refractivity contribution >= 4 is 5.91 Å². The third-order valence-electron chi connectivity index (χ3n) is 5.57. The number of benzene rings is 2. The fourth-order valence-electron chi connectivity index (χ4n) is 4.01. The lowest BCUT2D eigenvalue weighted by molar-refractivity contribution is -0.137. The fraction of sp³-hybridized carbons (Fsp3) is 0.500. The van der Waals surface area contributed by atoms with Gasteiger partial charge in [0.1, 0.15) is 0 Å². The van der Waals surface area contributed by atoms with Gasteiger partial charge in [-0.1, -0.05) is 12.1 Å². The summed E-state index contributed by atoms with van der Waals surface area (Å²) in [5.41, 5.74) is 2.19. The lowest BCUT2D eigenvalue weighted by atomic mass is 10.1. The van der Waals surface area contributed by atoms with Gasteiger partial charge in [0.25, 0.3) is 5.91 Å². The molecule has 33 heavy (non-hydrogen) atoms. The first kappa shape index (κ1) is 24.7. The standard InChI is InChI=1S/C26H36N2O5/c1-7-30-24-12-20(8-10-22(24)31-15-26(29)28(17(2)3)18(4)5)14-27-19(6)21-9-11-23-25(13-21)33-16-32-23/h8-13,17-19,27H,7,14-16H2,1-6H3. The van der Waals surface area contributed by atoms with Crippen molar-refractivity contribution in [3.05, 3.63) is 47.5 Å². The Hall–Kier alpha value is -2.93. The van der Waals surface area contributed by atoms with Crippen molar-refractivity contribution in [3.63, 3.8) is 0 Å². The zero-order valence-corrected chi connectivity index (χ0v) is 20.5. The number of carbonyl (C=O) groups is 1. The highest BCUT2D eigenvalue weighted by Gasteiger charge is 2.21. The molecule has 180 valence electrons. The Balaban J connectivity index is 1.62. The van der Waals surface area contributed by atoms with E-state index in [0.717, 1.165) is 22.6 Å². The fourth-order valence-corrected chi connectivity index (χ4v) is 4.01. The zero-order valence-electron chi connectivity index (χ0n) is 20.5. The van der Waals surface area contributed by atoms with Crippen LogP contribution in [0, 0.1) is 0 Å². The second-order valence-electron chi connectivity index (χ2n) is 8.71. The molecule has 0 radical (unpaired) electrons. The van der Waals surface area contributed by atoms with Crippen LogP contribution in [0.5, 0.6) is 23.0 Å². The first-order valence-corrected chi connectivity index (χ1v) is 11.6. The van der Waals surface area contributed by atoms with Crippen LogP contribution in [0.1, 0.15) is 58.7 Å². The van der Waals surface area contributed by atoms with E-state index in [4.69, 9.17) is 18.9 Å². The SMILES string of the molecule is CCOc1cc(CNC(C)c2ccc3c(c2)OCO3)ccc1OCC(=O)N(C(C)C)C(C)C. The maximum atomic E-state index is 12.7. The highest BCUT2D eigenvalue weighted by molar-refractivity contribution is 5.78. The molecule has 1 aliphatic rings. The summed E-state index contributed by atoms with van der Waals surface area (Å²) in [5.74, 6) is 2.74. The van der Waals surface area contributed by atoms with Crippen LogP contribution in [0.15, 0.2) is 36.4 Å². The van der Waals surface area contributed by atoms with Gasteiger partial charge in [-0.3, -0.25) is 4.79 Å². The molecule has 1 amide bonds. The van der Waals surface area contributed by atoms with E-state index >= 15 is 0 Å². The summed E-state index contributed by atoms with van der Waals surface area (Å²) < 4.78 is 22.5. The van der Waals surface area contributed by atoms with Gasteiger partial charge < -0.3 is 29.2 Å². The number of hydrogen-bond acceptors (Lipinski definition) is 6. The molecule has 0 saturated heterocycles. The van der Waals surface area contributed by atoms with Crippen molar-refractivity contribution in [2.75, 3.05) is 20.0 Å². The molecule has 7 nitrogen and oxygen atoms in total. The number of nitrogens with zero attached hydrogens (tertiary/aromatic N) is 1. The van der Waals surface area contributed by atoms with Crippen LogP contribution in [0.25, 0.3) is 0 Å². The first-order chi connectivity index (χ1) is 15.8. The summed E-state index contributed by atoms with van der Waals surface area (Å²) in [6.07, 6.45) is 0. The molecule has 0 aliphatic carbocycles. The molecule has 0 spiro atoms. The third kappa shape index (κ3) is 6.32. The van der Waals surface area contributed by atoms with Gasteiger partial charge in [0, 0.05) is 24.7 Å². The Kier molecular flexibility index (Phi) is 8.44. The minimum atomic E-state index is -0.0363. The molecule has 0 saturated carbocycles. The highest BCUT2D eigenvalue weighted by atomic mass is 16.7. The lowest BCUT2D eigenvalue weighted by Gasteiger charge is -2.30. The molecule has 2 aromatic rings. The van der Waals surface area contributed by atoms with Crippen molar-refractivity contribution in [3.8, 4) is 23.0 Å². The van der Waals surface area contributed by atoms with Crippen LogP contribution in [-0.4, -0.2) is 42.9 Å². The van der Waals surface area contributed by atoms with Crippen LogP contribution in [0.4, 0.5) is 0 Å². The van der Waals surface area contributed by atoms with Gasteiger partial charge in [-0.25, -0.2) is 0 Å². The number of nitrogens with one attached hydrogen (secondary N) is 1. The number of carbonyl (C=O) groups excluding carboxylic acids is 1. The molecular formula is C26H36N2O5. The van der Waals surface area contributed by atoms with E-state index in [1.165, 1.54) is 0 Å². The number of fused-ring (bicyclic) bond motifs is 1. The Bertz CT molecular complexity index is 936. The second kappa shape index (κ2) is 11.3. The molecule has 2 aromatic carbocycles. The molecule has 1 heterocycles. The number of rotatable bonds is 11. The second-order valence-corrected chi connectivity index (χ2v) is 8.71. The summed E-state index contributed by atoms with van der Waals surface area (Å²) in [7, 11) is 0. The quantitative estimate of drug-likeness (QED) is 0.529. The van der Waals surface area contributed by atoms with Gasteiger partial charge in [-0.2, -0.15) is 0 Å². The molecule has 1 N–H and O–H groups in total. The van der Waals surface area contributed by atoms with E-state index in [1.54, 1.807) is 0 Å². The van der Waals surface area contributed by atoms with E-state index in [9.17, 15) is 4.79 Å². The van der Waals surface area contributed by atoms with E-state index in [-0.39, 0.29) is 37.4 Å². The molecule has 0 aromatic heterocycles. The van der Waals surface area contributed by atoms with E-state index in [0.29, 0.717) is 24.7 Å². The topological polar surface area (TPSA) is 69.3 Å². The summed E-state index contributed by atoms with van der Waals surface area (Å²) in [4.78, 5) is 14.5. The van der Waals surface area contributed by atoms with Crippen molar-refractivity contribution in [1.29, 1.82) is 0 Å². The minimum absolute atomic E-state index is 0.0187. The van der Waals surface area contributed by atoms with Gasteiger partial charge >= 0.3 is 0 Å². The van der Waals surface area contributed by atoms with Crippen molar-refractivity contribution in [2.45, 2.75) is 66.2 Å². The van der Waals surface area contributed by atoms with Crippen LogP contribution in [0.2, 0.25) is 0 Å². The first-order valence-electron chi connectivity index (χ1n) is 11.6.